The van der Waals surface area contributed by atoms with E-state index in [1.165, 1.54) is 0 Å². The summed E-state index contributed by atoms with van der Waals surface area (Å²) in [4.78, 5) is 11.2. The molecule has 1 N–H and O–H groups in total. The third kappa shape index (κ3) is 2.84. The van der Waals surface area contributed by atoms with Crippen molar-refractivity contribution in [1.82, 2.24) is 0 Å². The Morgan fingerprint density at radius 3 is 2.53 bits per heavy atom. The van der Waals surface area contributed by atoms with Crippen LogP contribution in [0.15, 0.2) is 54.6 Å². The largest absolute Gasteiger partial charge is 0.478 e. The Morgan fingerprint density at radius 2 is 1.94 bits per heavy atom. The van der Waals surface area contributed by atoms with Gasteiger partial charge in [0.05, 0.1) is 0 Å². The van der Waals surface area contributed by atoms with Crippen molar-refractivity contribution in [2.24, 2.45) is 0 Å². The molecule has 3 nitrogen and oxygen atoms in total. The summed E-state index contributed by atoms with van der Waals surface area (Å²) < 4.78 is 5.44. The van der Waals surface area contributed by atoms with Gasteiger partial charge in [0, 0.05) is 5.56 Å². The van der Waals surface area contributed by atoms with Crippen LogP contribution >= 0.6 is 0 Å². The Labute approximate surface area is 99.3 Å². The van der Waals surface area contributed by atoms with Crippen LogP contribution < -0.4 is 4.74 Å². The predicted octanol–water partition coefficient (Wildman–Crippen LogP) is 2.69. The highest BCUT2D eigenvalue weighted by atomic mass is 16.5. The highest BCUT2D eigenvalue weighted by molar-refractivity contribution is 5.74. The molecule has 85 valence electrons. The fourth-order valence-electron chi connectivity index (χ4n) is 1.47. The molecule has 0 aliphatic carbocycles. The van der Waals surface area contributed by atoms with Crippen LogP contribution in [0.25, 0.3) is 0 Å². The van der Waals surface area contributed by atoms with Crippen LogP contribution in [0, 0.1) is 6.07 Å². The zero-order chi connectivity index (χ0) is 12.1. The lowest BCUT2D eigenvalue weighted by Gasteiger charge is -2.15. The molecular weight excluding hydrogens is 216 g/mol. The molecule has 1 unspecified atom stereocenters. The SMILES string of the molecule is O=C(O)C(Oc1ccccc1)c1c[c]ccc1. The van der Waals surface area contributed by atoms with Crippen LogP contribution in [0.1, 0.15) is 11.7 Å². The first kappa shape index (κ1) is 11.2. The molecule has 1 radical (unpaired) electrons. The summed E-state index contributed by atoms with van der Waals surface area (Å²) in [6.07, 6.45) is -1.00. The summed E-state index contributed by atoms with van der Waals surface area (Å²) in [5.41, 5.74) is 0.573. The molecule has 2 rings (SSSR count). The lowest BCUT2D eigenvalue weighted by atomic mass is 10.1. The lowest BCUT2D eigenvalue weighted by Crippen LogP contribution is -2.18. The van der Waals surface area contributed by atoms with Crippen molar-refractivity contribution in [3.8, 4) is 5.75 Å². The van der Waals surface area contributed by atoms with Crippen molar-refractivity contribution in [3.63, 3.8) is 0 Å². The number of para-hydroxylation sites is 1. The number of carbonyl (C=O) groups is 1. The highest BCUT2D eigenvalue weighted by Crippen LogP contribution is 2.21. The van der Waals surface area contributed by atoms with Crippen molar-refractivity contribution < 1.29 is 14.6 Å². The average Bonchev–Trinajstić information content (AvgIpc) is 2.38. The minimum Gasteiger partial charge on any atom is -0.478 e. The number of hydrogen-bond acceptors (Lipinski definition) is 2. The van der Waals surface area contributed by atoms with Crippen molar-refractivity contribution in [3.05, 3.63) is 66.2 Å². The summed E-state index contributed by atoms with van der Waals surface area (Å²) in [7, 11) is 0. The maximum atomic E-state index is 11.2. The van der Waals surface area contributed by atoms with Crippen molar-refractivity contribution in [2.75, 3.05) is 0 Å². The second-order valence-corrected chi connectivity index (χ2v) is 3.49. The molecule has 0 aliphatic heterocycles. The van der Waals surface area contributed by atoms with Crippen molar-refractivity contribution >= 4 is 5.97 Å². The molecule has 0 aromatic heterocycles. The van der Waals surface area contributed by atoms with Crippen LogP contribution in [-0.4, -0.2) is 11.1 Å². The summed E-state index contributed by atoms with van der Waals surface area (Å²) >= 11 is 0. The Kier molecular flexibility index (Phi) is 3.40. The molecule has 0 saturated heterocycles. The number of benzene rings is 2. The number of rotatable bonds is 4. The van der Waals surface area contributed by atoms with E-state index in [0.717, 1.165) is 0 Å². The van der Waals surface area contributed by atoms with Gasteiger partial charge in [0.2, 0.25) is 6.10 Å². The smallest absolute Gasteiger partial charge is 0.349 e. The first-order chi connectivity index (χ1) is 8.27. The molecule has 3 heteroatoms. The normalized spacial score (nSPS) is 11.8. The zero-order valence-electron chi connectivity index (χ0n) is 9.04. The predicted molar refractivity (Wildman–Crippen MR) is 62.7 cm³/mol. The molecule has 0 heterocycles. The first-order valence-electron chi connectivity index (χ1n) is 5.18. The fourth-order valence-corrected chi connectivity index (χ4v) is 1.47. The van der Waals surface area contributed by atoms with Gasteiger partial charge in [0.15, 0.2) is 0 Å². The molecular formula is C14H11O3. The zero-order valence-corrected chi connectivity index (χ0v) is 9.04. The van der Waals surface area contributed by atoms with Crippen LogP contribution in [0.3, 0.4) is 0 Å². The van der Waals surface area contributed by atoms with E-state index in [1.54, 1.807) is 48.5 Å². The van der Waals surface area contributed by atoms with Gasteiger partial charge in [-0.1, -0.05) is 36.4 Å². The van der Waals surface area contributed by atoms with Gasteiger partial charge >= 0.3 is 5.97 Å². The minimum absolute atomic E-state index is 0.531. The van der Waals surface area contributed by atoms with Crippen LogP contribution in [0.2, 0.25) is 0 Å². The van der Waals surface area contributed by atoms with Gasteiger partial charge in [0.25, 0.3) is 0 Å². The Balaban J connectivity index is 2.23. The van der Waals surface area contributed by atoms with E-state index < -0.39 is 12.1 Å². The monoisotopic (exact) mass is 227 g/mol. The molecule has 0 bridgehead atoms. The number of hydrogen-bond donors (Lipinski definition) is 1. The molecule has 0 fully saturated rings. The van der Waals surface area contributed by atoms with E-state index in [1.807, 2.05) is 6.07 Å². The fraction of sp³-hybridized carbons (Fsp3) is 0.0714. The number of aliphatic carboxylic acids is 1. The van der Waals surface area contributed by atoms with E-state index >= 15 is 0 Å². The molecule has 2 aromatic rings. The van der Waals surface area contributed by atoms with Crippen molar-refractivity contribution in [2.45, 2.75) is 6.10 Å². The van der Waals surface area contributed by atoms with Crippen molar-refractivity contribution in [1.29, 1.82) is 0 Å². The first-order valence-corrected chi connectivity index (χ1v) is 5.18. The Hall–Kier alpha value is -2.29. The molecule has 0 spiro atoms. The Bertz CT molecular complexity index is 479. The van der Waals surface area contributed by atoms with E-state index in [0.29, 0.717) is 11.3 Å². The molecule has 17 heavy (non-hydrogen) atoms. The van der Waals surface area contributed by atoms with Gasteiger partial charge in [-0.2, -0.15) is 0 Å². The van der Waals surface area contributed by atoms with Gasteiger partial charge < -0.3 is 9.84 Å². The summed E-state index contributed by atoms with van der Waals surface area (Å²) in [6.45, 7) is 0. The van der Waals surface area contributed by atoms with Gasteiger partial charge in [-0.05, 0) is 24.3 Å². The molecule has 0 amide bonds. The highest BCUT2D eigenvalue weighted by Gasteiger charge is 2.21. The number of ether oxygens (including phenoxy) is 1. The van der Waals surface area contributed by atoms with Gasteiger partial charge in [-0.25, -0.2) is 4.79 Å². The maximum absolute atomic E-state index is 11.2. The summed E-state index contributed by atoms with van der Waals surface area (Å²) in [5.74, 6) is -0.489. The van der Waals surface area contributed by atoms with E-state index in [9.17, 15) is 4.79 Å². The van der Waals surface area contributed by atoms with E-state index in [4.69, 9.17) is 9.84 Å². The minimum atomic E-state index is -1.02. The quantitative estimate of drug-likeness (QED) is 0.873. The van der Waals surface area contributed by atoms with Crippen LogP contribution in [-0.2, 0) is 4.79 Å². The van der Waals surface area contributed by atoms with E-state index in [-0.39, 0.29) is 0 Å². The lowest BCUT2D eigenvalue weighted by molar-refractivity contribution is -0.145. The standard InChI is InChI=1S/C14H11O3/c15-14(16)13(11-7-3-1-4-8-11)17-12-9-5-2-6-10-12/h1-3,5-10,13H,(H,15,16). The topological polar surface area (TPSA) is 46.5 Å². The maximum Gasteiger partial charge on any atom is 0.349 e. The van der Waals surface area contributed by atoms with Gasteiger partial charge in [-0.3, -0.25) is 0 Å². The van der Waals surface area contributed by atoms with Crippen LogP contribution in [0.5, 0.6) is 5.75 Å². The second kappa shape index (κ2) is 5.16. The number of carboxylic acid groups (broad SMARTS) is 1. The van der Waals surface area contributed by atoms with Gasteiger partial charge in [0.1, 0.15) is 5.75 Å². The third-order valence-electron chi connectivity index (χ3n) is 2.26. The molecule has 0 aliphatic rings. The summed E-state index contributed by atoms with van der Waals surface area (Å²) in [5, 5.41) is 9.15. The number of carboxylic acids is 1. The third-order valence-corrected chi connectivity index (χ3v) is 2.26. The average molecular weight is 227 g/mol. The summed E-state index contributed by atoms with van der Waals surface area (Å²) in [6, 6.07) is 18.5. The molecule has 0 saturated carbocycles. The second-order valence-electron chi connectivity index (χ2n) is 3.49. The van der Waals surface area contributed by atoms with Crippen LogP contribution in [0.4, 0.5) is 0 Å². The van der Waals surface area contributed by atoms with E-state index in [2.05, 4.69) is 6.07 Å². The van der Waals surface area contributed by atoms with Gasteiger partial charge in [-0.15, -0.1) is 0 Å². The molecule has 2 aromatic carbocycles. The molecule has 1 atom stereocenters. The Morgan fingerprint density at radius 1 is 1.18 bits per heavy atom.